The van der Waals surface area contributed by atoms with Crippen LogP contribution in [-0.4, -0.2) is 12.0 Å². The molecule has 1 atom stereocenters. The van der Waals surface area contributed by atoms with Crippen LogP contribution in [0, 0.1) is 0 Å². The van der Waals surface area contributed by atoms with Gasteiger partial charge in [0.25, 0.3) is 0 Å². The molecule has 0 spiro atoms. The Bertz CT molecular complexity index is 265. The molecule has 1 N–H and O–H groups in total. The van der Waals surface area contributed by atoms with Crippen LogP contribution in [0.4, 0.5) is 0 Å². The van der Waals surface area contributed by atoms with Crippen molar-refractivity contribution < 1.29 is 4.42 Å². The molecule has 2 rings (SSSR count). The highest BCUT2D eigenvalue weighted by Crippen LogP contribution is 2.40. The Morgan fingerprint density at radius 3 is 3.00 bits per heavy atom. The van der Waals surface area contributed by atoms with Gasteiger partial charge in [-0.15, -0.1) is 0 Å². The second kappa shape index (κ2) is 2.90. The first kappa shape index (κ1) is 7.80. The van der Waals surface area contributed by atoms with Gasteiger partial charge in [0.05, 0.1) is 12.2 Å². The van der Waals surface area contributed by atoms with Gasteiger partial charge in [0.2, 0.25) is 5.89 Å². The summed E-state index contributed by atoms with van der Waals surface area (Å²) in [7, 11) is 1.91. The third-order valence-corrected chi connectivity index (χ3v) is 2.32. The van der Waals surface area contributed by atoms with Gasteiger partial charge in [0, 0.05) is 5.92 Å². The van der Waals surface area contributed by atoms with Gasteiger partial charge in [-0.05, 0) is 26.8 Å². The summed E-state index contributed by atoms with van der Waals surface area (Å²) in [4.78, 5) is 4.22. The zero-order chi connectivity index (χ0) is 8.55. The van der Waals surface area contributed by atoms with E-state index in [1.165, 1.54) is 12.8 Å². The van der Waals surface area contributed by atoms with Crippen molar-refractivity contribution in [3.63, 3.8) is 0 Å². The Hall–Kier alpha value is -0.830. The normalized spacial score (nSPS) is 19.5. The van der Waals surface area contributed by atoms with E-state index in [1.54, 1.807) is 0 Å². The molecule has 0 radical (unpaired) electrons. The second-order valence-corrected chi connectivity index (χ2v) is 3.39. The van der Waals surface area contributed by atoms with Gasteiger partial charge < -0.3 is 9.73 Å². The molecule has 3 heteroatoms. The Morgan fingerprint density at radius 2 is 2.42 bits per heavy atom. The summed E-state index contributed by atoms with van der Waals surface area (Å²) in [5, 5.41) is 3.10. The molecule has 0 bridgehead atoms. The monoisotopic (exact) mass is 166 g/mol. The first-order valence-electron chi connectivity index (χ1n) is 4.44. The van der Waals surface area contributed by atoms with Gasteiger partial charge in [-0.3, -0.25) is 0 Å². The summed E-state index contributed by atoms with van der Waals surface area (Å²) in [6, 6.07) is 0.220. The van der Waals surface area contributed by atoms with Crippen LogP contribution in [0.15, 0.2) is 10.6 Å². The van der Waals surface area contributed by atoms with Gasteiger partial charge in [-0.1, -0.05) is 0 Å². The van der Waals surface area contributed by atoms with Crippen molar-refractivity contribution in [1.82, 2.24) is 10.3 Å². The zero-order valence-electron chi connectivity index (χ0n) is 7.50. The van der Waals surface area contributed by atoms with E-state index in [-0.39, 0.29) is 6.04 Å². The van der Waals surface area contributed by atoms with Crippen molar-refractivity contribution in [3.8, 4) is 0 Å². The summed E-state index contributed by atoms with van der Waals surface area (Å²) >= 11 is 0. The van der Waals surface area contributed by atoms with Crippen LogP contribution in [0.25, 0.3) is 0 Å². The minimum atomic E-state index is 0.220. The van der Waals surface area contributed by atoms with Gasteiger partial charge in [-0.2, -0.15) is 0 Å². The van der Waals surface area contributed by atoms with Crippen molar-refractivity contribution in [1.29, 1.82) is 0 Å². The quantitative estimate of drug-likeness (QED) is 0.744. The molecule has 1 aliphatic rings. The van der Waals surface area contributed by atoms with Crippen LogP contribution < -0.4 is 5.32 Å². The minimum Gasteiger partial charge on any atom is -0.444 e. The molecule has 0 aliphatic heterocycles. The number of rotatable bonds is 3. The maximum atomic E-state index is 5.59. The van der Waals surface area contributed by atoms with Crippen LogP contribution in [0.5, 0.6) is 0 Å². The highest BCUT2D eigenvalue weighted by Gasteiger charge is 2.27. The van der Waals surface area contributed by atoms with Crippen molar-refractivity contribution in [3.05, 3.63) is 17.8 Å². The van der Waals surface area contributed by atoms with Crippen molar-refractivity contribution in [2.45, 2.75) is 31.7 Å². The zero-order valence-corrected chi connectivity index (χ0v) is 7.50. The maximum absolute atomic E-state index is 5.59. The Kier molecular flexibility index (Phi) is 1.89. The largest absolute Gasteiger partial charge is 0.444 e. The number of nitrogens with one attached hydrogen (secondary N) is 1. The smallest absolute Gasteiger partial charge is 0.211 e. The number of hydrogen-bond acceptors (Lipinski definition) is 3. The molecule has 1 unspecified atom stereocenters. The third kappa shape index (κ3) is 1.37. The minimum absolute atomic E-state index is 0.220. The van der Waals surface area contributed by atoms with Crippen LogP contribution in [-0.2, 0) is 0 Å². The molecule has 0 aromatic carbocycles. The molecule has 1 saturated carbocycles. The molecule has 0 amide bonds. The highest BCUT2D eigenvalue weighted by atomic mass is 16.4. The Balaban J connectivity index is 2.12. The summed E-state index contributed by atoms with van der Waals surface area (Å²) < 4.78 is 5.59. The van der Waals surface area contributed by atoms with Crippen molar-refractivity contribution >= 4 is 0 Å². The van der Waals surface area contributed by atoms with Gasteiger partial charge in [-0.25, -0.2) is 4.98 Å². The van der Waals surface area contributed by atoms with E-state index >= 15 is 0 Å². The Labute approximate surface area is 72.2 Å². The van der Waals surface area contributed by atoms with E-state index in [1.807, 2.05) is 20.2 Å². The number of hydrogen-bond donors (Lipinski definition) is 1. The number of nitrogens with zero attached hydrogens (tertiary/aromatic N) is 1. The lowest BCUT2D eigenvalue weighted by Crippen LogP contribution is -2.12. The molecular formula is C9H14N2O. The molecule has 1 aliphatic carbocycles. The fraction of sp³-hybridized carbons (Fsp3) is 0.667. The second-order valence-electron chi connectivity index (χ2n) is 3.39. The van der Waals surface area contributed by atoms with Crippen LogP contribution in [0.3, 0.4) is 0 Å². The van der Waals surface area contributed by atoms with Crippen LogP contribution >= 0.6 is 0 Å². The van der Waals surface area contributed by atoms with E-state index in [0.717, 1.165) is 11.7 Å². The molecule has 1 heterocycles. The summed E-state index contributed by atoms with van der Waals surface area (Å²) in [5.74, 6) is 2.53. The molecule has 3 nitrogen and oxygen atoms in total. The molecule has 1 aromatic rings. The van der Waals surface area contributed by atoms with E-state index in [0.29, 0.717) is 5.92 Å². The lowest BCUT2D eigenvalue weighted by molar-refractivity contribution is 0.408. The molecular weight excluding hydrogens is 152 g/mol. The molecule has 66 valence electrons. The lowest BCUT2D eigenvalue weighted by Gasteiger charge is -2.03. The van der Waals surface area contributed by atoms with Gasteiger partial charge in [0.1, 0.15) is 5.76 Å². The predicted octanol–water partition coefficient (Wildman–Crippen LogP) is 1.83. The first-order chi connectivity index (χ1) is 5.81. The van der Waals surface area contributed by atoms with Gasteiger partial charge >= 0.3 is 0 Å². The Morgan fingerprint density at radius 1 is 1.67 bits per heavy atom. The summed E-state index contributed by atoms with van der Waals surface area (Å²) in [6.07, 6.45) is 4.39. The lowest BCUT2D eigenvalue weighted by atomic mass is 10.3. The van der Waals surface area contributed by atoms with E-state index in [4.69, 9.17) is 4.42 Å². The standard InChI is InChI=1S/C9H14N2O/c1-6(10-2)9-11-5-8(12-9)7-3-4-7/h5-7,10H,3-4H2,1-2H3. The number of oxazole rings is 1. The predicted molar refractivity (Wildman–Crippen MR) is 46.0 cm³/mol. The number of aromatic nitrogens is 1. The fourth-order valence-corrected chi connectivity index (χ4v) is 1.18. The van der Waals surface area contributed by atoms with Crippen molar-refractivity contribution in [2.75, 3.05) is 7.05 Å². The van der Waals surface area contributed by atoms with E-state index in [9.17, 15) is 0 Å². The van der Waals surface area contributed by atoms with Crippen molar-refractivity contribution in [2.24, 2.45) is 0 Å². The molecule has 12 heavy (non-hydrogen) atoms. The molecule has 0 saturated heterocycles. The van der Waals surface area contributed by atoms with Crippen LogP contribution in [0.2, 0.25) is 0 Å². The first-order valence-corrected chi connectivity index (χ1v) is 4.44. The highest BCUT2D eigenvalue weighted by molar-refractivity contribution is 5.09. The molecule has 1 fully saturated rings. The van der Waals surface area contributed by atoms with Crippen LogP contribution in [0.1, 0.15) is 43.4 Å². The molecule has 1 aromatic heterocycles. The average Bonchev–Trinajstić information content (AvgIpc) is 2.83. The summed E-state index contributed by atoms with van der Waals surface area (Å²) in [6.45, 7) is 2.04. The fourth-order valence-electron chi connectivity index (χ4n) is 1.18. The SMILES string of the molecule is CNC(C)c1ncc(C2CC2)o1. The maximum Gasteiger partial charge on any atom is 0.211 e. The average molecular weight is 166 g/mol. The van der Waals surface area contributed by atoms with E-state index < -0.39 is 0 Å². The summed E-state index contributed by atoms with van der Waals surface area (Å²) in [5.41, 5.74) is 0. The third-order valence-electron chi connectivity index (χ3n) is 2.32. The topological polar surface area (TPSA) is 38.1 Å². The van der Waals surface area contributed by atoms with E-state index in [2.05, 4.69) is 10.3 Å². The van der Waals surface area contributed by atoms with Gasteiger partial charge in [0.15, 0.2) is 0 Å².